The molecule has 5 heterocycles. The normalized spacial score (nSPS) is 21.7. The molecule has 7 heteroatoms. The van der Waals surface area contributed by atoms with E-state index in [0.29, 0.717) is 17.7 Å². The van der Waals surface area contributed by atoms with Gasteiger partial charge >= 0.3 is 0 Å². The molecule has 256 valence electrons. The molecule has 0 amide bonds. The number of benzene rings is 4. The van der Waals surface area contributed by atoms with Crippen molar-refractivity contribution in [3.63, 3.8) is 0 Å². The van der Waals surface area contributed by atoms with Crippen LogP contribution in [0.2, 0.25) is 0 Å². The van der Waals surface area contributed by atoms with E-state index in [1.807, 2.05) is 30.5 Å². The molecule has 1 unspecified atom stereocenters. The first kappa shape index (κ1) is 32.5. The van der Waals surface area contributed by atoms with Crippen LogP contribution in [0.4, 0.5) is 0 Å². The lowest BCUT2D eigenvalue weighted by Crippen LogP contribution is -2.56. The van der Waals surface area contributed by atoms with Crippen LogP contribution in [-0.2, 0) is 0 Å². The molecule has 3 aliphatic rings. The van der Waals surface area contributed by atoms with E-state index in [9.17, 15) is 0 Å². The summed E-state index contributed by atoms with van der Waals surface area (Å²) in [6.45, 7) is 11.1. The Bertz CT molecular complexity index is 2140. The molecule has 6 atom stereocenters. The fourth-order valence-electron chi connectivity index (χ4n) is 8.44. The highest BCUT2D eigenvalue weighted by atomic mass is 16.5. The Morgan fingerprint density at radius 2 is 1.56 bits per heavy atom. The predicted octanol–water partition coefficient (Wildman–Crippen LogP) is 9.75. The maximum atomic E-state index is 6.91. The Hall–Kier alpha value is -4.75. The summed E-state index contributed by atoms with van der Waals surface area (Å²) in [6.07, 6.45) is 4.95. The number of nitrogens with zero attached hydrogens (tertiary/aromatic N) is 4. The third-order valence-electron chi connectivity index (χ3n) is 11.1. The van der Waals surface area contributed by atoms with Gasteiger partial charge in [0.05, 0.1) is 18.7 Å². The summed E-state index contributed by atoms with van der Waals surface area (Å²) in [5.41, 5.74) is 2.94. The van der Waals surface area contributed by atoms with Gasteiger partial charge in [-0.3, -0.25) is 9.88 Å². The van der Waals surface area contributed by atoms with Gasteiger partial charge in [-0.2, -0.15) is 0 Å². The van der Waals surface area contributed by atoms with E-state index >= 15 is 0 Å². The molecule has 0 spiro atoms. The van der Waals surface area contributed by atoms with Crippen LogP contribution in [0.25, 0.3) is 32.4 Å². The first-order valence-corrected chi connectivity index (χ1v) is 18.0. The third-order valence-corrected chi connectivity index (χ3v) is 11.1. The fourth-order valence-corrected chi connectivity index (χ4v) is 8.44. The Kier molecular flexibility index (Phi) is 8.55. The van der Waals surface area contributed by atoms with Crippen LogP contribution >= 0.6 is 0 Å². The van der Waals surface area contributed by atoms with Gasteiger partial charge in [0.25, 0.3) is 0 Å². The van der Waals surface area contributed by atoms with E-state index in [1.165, 1.54) is 34.4 Å². The number of ether oxygens (including phenoxy) is 3. The van der Waals surface area contributed by atoms with Crippen molar-refractivity contribution in [2.24, 2.45) is 17.3 Å². The molecule has 3 fully saturated rings. The highest BCUT2D eigenvalue weighted by Crippen LogP contribution is 2.45. The number of piperidine rings is 3. The van der Waals surface area contributed by atoms with Crippen LogP contribution in [0, 0.1) is 17.3 Å². The van der Waals surface area contributed by atoms with Crippen LogP contribution in [0.5, 0.6) is 17.5 Å². The Balaban J connectivity index is 1.12. The molecule has 2 aromatic heterocycles. The van der Waals surface area contributed by atoms with E-state index in [4.69, 9.17) is 14.2 Å². The van der Waals surface area contributed by atoms with Crippen molar-refractivity contribution < 1.29 is 14.2 Å². The van der Waals surface area contributed by atoms with Gasteiger partial charge in [-0.15, -0.1) is 10.2 Å². The van der Waals surface area contributed by atoms with Crippen LogP contribution in [-0.4, -0.2) is 46.3 Å². The monoisotopic (exact) mass is 666 g/mol. The lowest BCUT2D eigenvalue weighted by Gasteiger charge is -2.51. The number of hydrogen-bond donors (Lipinski definition) is 0. The summed E-state index contributed by atoms with van der Waals surface area (Å²) in [7, 11) is 1.70. The summed E-state index contributed by atoms with van der Waals surface area (Å²) < 4.78 is 19.3. The van der Waals surface area contributed by atoms with Crippen molar-refractivity contribution in [3.8, 4) is 17.5 Å². The van der Waals surface area contributed by atoms with Gasteiger partial charge < -0.3 is 14.2 Å². The zero-order chi connectivity index (χ0) is 34.4. The zero-order valence-corrected chi connectivity index (χ0v) is 29.7. The van der Waals surface area contributed by atoms with Crippen LogP contribution < -0.4 is 14.2 Å². The van der Waals surface area contributed by atoms with Gasteiger partial charge in [-0.05, 0) is 89.2 Å². The minimum atomic E-state index is -0.253. The van der Waals surface area contributed by atoms with Crippen LogP contribution in [0.1, 0.15) is 70.3 Å². The maximum Gasteiger partial charge on any atom is 0.234 e. The van der Waals surface area contributed by atoms with Gasteiger partial charge in [0.2, 0.25) is 11.8 Å². The van der Waals surface area contributed by atoms with Gasteiger partial charge in [0.15, 0.2) is 0 Å². The first-order chi connectivity index (χ1) is 24.3. The number of pyridine rings is 1. The Morgan fingerprint density at radius 3 is 2.26 bits per heavy atom. The number of hydrogen-bond acceptors (Lipinski definition) is 7. The molecule has 7 nitrogen and oxygen atoms in total. The van der Waals surface area contributed by atoms with Crippen molar-refractivity contribution in [2.45, 2.75) is 65.2 Å². The summed E-state index contributed by atoms with van der Waals surface area (Å²) in [4.78, 5) is 7.31. The topological polar surface area (TPSA) is 69.6 Å². The number of rotatable bonds is 9. The SMILES string of the molecule is CC[C@H]1CN2CC[C@H]1C[C@@H]2[C@@H](Oc1ccc(O[C@H](c2cccc3cc4ccccc4cc23)C(C)(C)C)nn1)c1ccnc2ccc(OC)cc12. The molecule has 0 radical (unpaired) electrons. The van der Waals surface area contributed by atoms with Gasteiger partial charge in [0.1, 0.15) is 18.0 Å². The Morgan fingerprint density at radius 1 is 0.800 bits per heavy atom. The summed E-state index contributed by atoms with van der Waals surface area (Å²) in [6, 6.07) is 31.7. The highest BCUT2D eigenvalue weighted by molar-refractivity contribution is 5.99. The average Bonchev–Trinajstić information content (AvgIpc) is 3.14. The molecule has 0 saturated carbocycles. The second kappa shape index (κ2) is 13.2. The molecule has 0 N–H and O–H groups in total. The first-order valence-electron chi connectivity index (χ1n) is 18.0. The maximum absolute atomic E-state index is 6.91. The molecule has 50 heavy (non-hydrogen) atoms. The van der Waals surface area contributed by atoms with Crippen molar-refractivity contribution in [1.29, 1.82) is 0 Å². The minimum absolute atomic E-state index is 0.212. The van der Waals surface area contributed by atoms with Crippen LogP contribution in [0.15, 0.2) is 97.2 Å². The highest BCUT2D eigenvalue weighted by Gasteiger charge is 2.44. The van der Waals surface area contributed by atoms with E-state index in [1.54, 1.807) is 7.11 Å². The quantitative estimate of drug-likeness (QED) is 0.142. The summed E-state index contributed by atoms with van der Waals surface area (Å²) >= 11 is 0. The van der Waals surface area contributed by atoms with Crippen molar-refractivity contribution in [2.75, 3.05) is 20.2 Å². The lowest BCUT2D eigenvalue weighted by molar-refractivity contribution is -0.0496. The molecule has 3 aliphatic heterocycles. The van der Waals surface area contributed by atoms with Gasteiger partial charge in [0, 0.05) is 46.8 Å². The molecular formula is C43H46N4O3. The predicted molar refractivity (Wildman–Crippen MR) is 200 cm³/mol. The second-order valence-corrected chi connectivity index (χ2v) is 15.2. The molecular weight excluding hydrogens is 620 g/mol. The molecule has 3 saturated heterocycles. The zero-order valence-electron chi connectivity index (χ0n) is 29.7. The molecule has 9 rings (SSSR count). The largest absolute Gasteiger partial charge is 0.497 e. The third kappa shape index (κ3) is 6.13. The number of aromatic nitrogens is 3. The molecule has 0 aliphatic carbocycles. The minimum Gasteiger partial charge on any atom is -0.497 e. The Labute approximate surface area is 294 Å². The second-order valence-electron chi connectivity index (χ2n) is 15.2. The van der Waals surface area contributed by atoms with Crippen LogP contribution in [0.3, 0.4) is 0 Å². The van der Waals surface area contributed by atoms with E-state index < -0.39 is 0 Å². The molecule has 4 aromatic carbocycles. The lowest BCUT2D eigenvalue weighted by atomic mass is 9.72. The standard InChI is InChI=1S/C43H46N4O3/c1-6-27-26-47-21-19-30(27)24-38(47)41(33-18-20-44-37-15-14-32(48-5)25-36(33)37)49-39-16-17-40(46-45-39)50-42(43(2,3)4)34-13-9-12-31-22-28-10-7-8-11-29(28)23-35(31)34/h7-18,20,22-23,25,27,30,38,41-42H,6,19,21,24,26H2,1-5H3/t27-,30-,38+,41-,42+/m0/s1. The smallest absolute Gasteiger partial charge is 0.234 e. The van der Waals surface area contributed by atoms with Crippen molar-refractivity contribution in [3.05, 3.63) is 108 Å². The van der Waals surface area contributed by atoms with E-state index in [0.717, 1.165) is 53.2 Å². The molecule has 2 bridgehead atoms. The fraction of sp³-hybridized carbons (Fsp3) is 0.372. The molecule has 6 aromatic rings. The van der Waals surface area contributed by atoms with Gasteiger partial charge in [-0.25, -0.2) is 0 Å². The van der Waals surface area contributed by atoms with E-state index in [-0.39, 0.29) is 23.7 Å². The van der Waals surface area contributed by atoms with E-state index in [2.05, 4.69) is 115 Å². The number of fused-ring (bicyclic) bond motifs is 6. The average molecular weight is 667 g/mol. The summed E-state index contributed by atoms with van der Waals surface area (Å²) in [5.74, 6) is 3.19. The van der Waals surface area contributed by atoms with Crippen molar-refractivity contribution >= 4 is 32.4 Å². The summed E-state index contributed by atoms with van der Waals surface area (Å²) in [5, 5.41) is 15.1. The van der Waals surface area contributed by atoms with Gasteiger partial charge in [-0.1, -0.05) is 76.6 Å². The van der Waals surface area contributed by atoms with Crippen molar-refractivity contribution in [1.82, 2.24) is 20.1 Å². The number of methoxy groups -OCH3 is 1.